The van der Waals surface area contributed by atoms with Crippen molar-refractivity contribution in [2.75, 3.05) is 6.61 Å². The lowest BCUT2D eigenvalue weighted by Crippen LogP contribution is -2.12. The van der Waals surface area contributed by atoms with Crippen LogP contribution in [0.4, 0.5) is 0 Å². The number of hydrogen-bond donors (Lipinski definition) is 1. The SMILES string of the molecule is CCOC(=O)CC(Cc1cccc(O)c1)c1ccccc1. The van der Waals surface area contributed by atoms with Gasteiger partial charge in [0.2, 0.25) is 0 Å². The number of phenols is 1. The molecule has 3 nitrogen and oxygen atoms in total. The molecule has 0 aliphatic carbocycles. The number of hydrogen-bond acceptors (Lipinski definition) is 3. The van der Waals surface area contributed by atoms with Crippen LogP contribution in [0.3, 0.4) is 0 Å². The Morgan fingerprint density at radius 2 is 1.90 bits per heavy atom. The maximum Gasteiger partial charge on any atom is 0.306 e. The summed E-state index contributed by atoms with van der Waals surface area (Å²) in [4.78, 5) is 11.8. The molecule has 0 bridgehead atoms. The molecule has 0 radical (unpaired) electrons. The molecule has 1 atom stereocenters. The Balaban J connectivity index is 2.17. The molecule has 2 rings (SSSR count). The predicted octanol–water partition coefficient (Wildman–Crippen LogP) is 3.67. The third kappa shape index (κ3) is 4.63. The summed E-state index contributed by atoms with van der Waals surface area (Å²) in [5, 5.41) is 9.57. The van der Waals surface area contributed by atoms with Crippen LogP contribution in [0.25, 0.3) is 0 Å². The van der Waals surface area contributed by atoms with Crippen LogP contribution in [0.2, 0.25) is 0 Å². The van der Waals surface area contributed by atoms with Crippen LogP contribution in [0.15, 0.2) is 54.6 Å². The Morgan fingerprint density at radius 3 is 2.57 bits per heavy atom. The summed E-state index contributed by atoms with van der Waals surface area (Å²) < 4.78 is 5.07. The zero-order valence-corrected chi connectivity index (χ0v) is 12.2. The van der Waals surface area contributed by atoms with Crippen molar-refractivity contribution in [2.24, 2.45) is 0 Å². The van der Waals surface area contributed by atoms with Crippen LogP contribution in [-0.2, 0) is 16.0 Å². The van der Waals surface area contributed by atoms with Crippen molar-refractivity contribution in [3.8, 4) is 5.75 Å². The first-order chi connectivity index (χ1) is 10.2. The van der Waals surface area contributed by atoms with Gasteiger partial charge in [0.25, 0.3) is 0 Å². The molecule has 0 spiro atoms. The van der Waals surface area contributed by atoms with E-state index >= 15 is 0 Å². The van der Waals surface area contributed by atoms with Gasteiger partial charge in [-0.15, -0.1) is 0 Å². The van der Waals surface area contributed by atoms with Gasteiger partial charge in [0.05, 0.1) is 13.0 Å². The van der Waals surface area contributed by atoms with Gasteiger partial charge in [-0.1, -0.05) is 42.5 Å². The van der Waals surface area contributed by atoms with Crippen molar-refractivity contribution in [1.29, 1.82) is 0 Å². The highest BCUT2D eigenvalue weighted by molar-refractivity contribution is 5.70. The number of phenolic OH excluding ortho intramolecular Hbond substituents is 1. The number of rotatable bonds is 6. The summed E-state index contributed by atoms with van der Waals surface area (Å²) in [7, 11) is 0. The predicted molar refractivity (Wildman–Crippen MR) is 82.2 cm³/mol. The fraction of sp³-hybridized carbons (Fsp3) is 0.278. The minimum atomic E-state index is -0.188. The molecule has 2 aromatic rings. The second-order valence-corrected chi connectivity index (χ2v) is 4.99. The van der Waals surface area contributed by atoms with Crippen LogP contribution >= 0.6 is 0 Å². The zero-order valence-electron chi connectivity index (χ0n) is 12.2. The molecule has 0 fully saturated rings. The smallest absolute Gasteiger partial charge is 0.306 e. The Kier molecular flexibility index (Phi) is 5.38. The summed E-state index contributed by atoms with van der Waals surface area (Å²) in [6, 6.07) is 17.1. The first kappa shape index (κ1) is 15.1. The molecule has 0 heterocycles. The highest BCUT2D eigenvalue weighted by atomic mass is 16.5. The summed E-state index contributed by atoms with van der Waals surface area (Å²) >= 11 is 0. The first-order valence-electron chi connectivity index (χ1n) is 7.17. The van der Waals surface area contributed by atoms with Crippen LogP contribution in [0.1, 0.15) is 30.4 Å². The number of esters is 1. The quantitative estimate of drug-likeness (QED) is 0.823. The molecule has 1 N–H and O–H groups in total. The van der Waals surface area contributed by atoms with E-state index in [4.69, 9.17) is 4.74 Å². The molecule has 0 saturated carbocycles. The molecule has 0 saturated heterocycles. The monoisotopic (exact) mass is 284 g/mol. The lowest BCUT2D eigenvalue weighted by atomic mass is 9.89. The molecule has 110 valence electrons. The molecular weight excluding hydrogens is 264 g/mol. The van der Waals surface area contributed by atoms with E-state index in [-0.39, 0.29) is 17.6 Å². The maximum atomic E-state index is 11.8. The number of benzene rings is 2. The van der Waals surface area contributed by atoms with Gasteiger partial charge in [-0.25, -0.2) is 0 Å². The largest absolute Gasteiger partial charge is 0.508 e. The van der Waals surface area contributed by atoms with Gasteiger partial charge in [-0.2, -0.15) is 0 Å². The highest BCUT2D eigenvalue weighted by Gasteiger charge is 2.17. The third-order valence-corrected chi connectivity index (χ3v) is 3.38. The molecule has 0 aromatic heterocycles. The third-order valence-electron chi connectivity index (χ3n) is 3.38. The molecule has 0 aliphatic heterocycles. The molecular formula is C18H20O3. The summed E-state index contributed by atoms with van der Waals surface area (Å²) in [6.07, 6.45) is 1.03. The number of ether oxygens (including phenoxy) is 1. The minimum Gasteiger partial charge on any atom is -0.508 e. The molecule has 0 amide bonds. The van der Waals surface area contributed by atoms with E-state index < -0.39 is 0 Å². The van der Waals surface area contributed by atoms with Crippen LogP contribution in [-0.4, -0.2) is 17.7 Å². The van der Waals surface area contributed by atoms with Crippen molar-refractivity contribution >= 4 is 5.97 Å². The summed E-state index contributed by atoms with van der Waals surface area (Å²) in [5.41, 5.74) is 2.11. The first-order valence-corrected chi connectivity index (χ1v) is 7.17. The summed E-state index contributed by atoms with van der Waals surface area (Å²) in [6.45, 7) is 2.21. The Hall–Kier alpha value is -2.29. The molecule has 21 heavy (non-hydrogen) atoms. The van der Waals surface area contributed by atoms with E-state index in [1.165, 1.54) is 0 Å². The second-order valence-electron chi connectivity index (χ2n) is 4.99. The molecule has 3 heteroatoms. The van der Waals surface area contributed by atoms with Gasteiger partial charge in [0.15, 0.2) is 0 Å². The van der Waals surface area contributed by atoms with Crippen molar-refractivity contribution in [3.05, 3.63) is 65.7 Å². The van der Waals surface area contributed by atoms with Crippen molar-refractivity contribution in [2.45, 2.75) is 25.7 Å². The summed E-state index contributed by atoms with van der Waals surface area (Å²) in [5.74, 6) is 0.106. The van der Waals surface area contributed by atoms with Gasteiger partial charge in [-0.3, -0.25) is 4.79 Å². The number of carbonyl (C=O) groups excluding carboxylic acids is 1. The molecule has 1 unspecified atom stereocenters. The van der Waals surface area contributed by atoms with Crippen LogP contribution in [0.5, 0.6) is 5.75 Å². The average Bonchev–Trinajstić information content (AvgIpc) is 2.48. The van der Waals surface area contributed by atoms with Gasteiger partial charge in [0.1, 0.15) is 5.75 Å². The minimum absolute atomic E-state index is 0.0482. The van der Waals surface area contributed by atoms with Gasteiger partial charge in [0, 0.05) is 0 Å². The van der Waals surface area contributed by atoms with E-state index in [2.05, 4.69) is 0 Å². The van der Waals surface area contributed by atoms with E-state index in [1.54, 1.807) is 12.1 Å². The van der Waals surface area contributed by atoms with Crippen LogP contribution in [0, 0.1) is 0 Å². The van der Waals surface area contributed by atoms with Crippen molar-refractivity contribution < 1.29 is 14.6 Å². The van der Waals surface area contributed by atoms with E-state index in [0.717, 1.165) is 11.1 Å². The van der Waals surface area contributed by atoms with Crippen molar-refractivity contribution in [1.82, 2.24) is 0 Å². The Labute approximate surface area is 125 Å². The van der Waals surface area contributed by atoms with Gasteiger partial charge < -0.3 is 9.84 Å². The second kappa shape index (κ2) is 7.48. The lowest BCUT2D eigenvalue weighted by molar-refractivity contribution is -0.143. The highest BCUT2D eigenvalue weighted by Crippen LogP contribution is 2.26. The van der Waals surface area contributed by atoms with E-state index in [0.29, 0.717) is 19.4 Å². The van der Waals surface area contributed by atoms with Crippen molar-refractivity contribution in [3.63, 3.8) is 0 Å². The maximum absolute atomic E-state index is 11.8. The van der Waals surface area contributed by atoms with Crippen LogP contribution < -0.4 is 0 Å². The van der Waals surface area contributed by atoms with Gasteiger partial charge in [-0.05, 0) is 42.5 Å². The normalized spacial score (nSPS) is 11.9. The van der Waals surface area contributed by atoms with E-state index in [9.17, 15) is 9.90 Å². The fourth-order valence-corrected chi connectivity index (χ4v) is 2.42. The number of carbonyl (C=O) groups is 1. The lowest BCUT2D eigenvalue weighted by Gasteiger charge is -2.17. The Morgan fingerprint density at radius 1 is 1.14 bits per heavy atom. The fourth-order valence-electron chi connectivity index (χ4n) is 2.42. The average molecular weight is 284 g/mol. The Bertz CT molecular complexity index is 578. The topological polar surface area (TPSA) is 46.5 Å². The van der Waals surface area contributed by atoms with E-state index in [1.807, 2.05) is 49.4 Å². The standard InChI is InChI=1S/C18H20O3/c1-2-21-18(20)13-16(15-8-4-3-5-9-15)11-14-7-6-10-17(19)12-14/h3-10,12,16,19H,2,11,13H2,1H3. The molecule has 2 aromatic carbocycles. The number of aromatic hydroxyl groups is 1. The van der Waals surface area contributed by atoms with Gasteiger partial charge >= 0.3 is 5.97 Å². The molecule has 0 aliphatic rings. The zero-order chi connectivity index (χ0) is 15.1.